The number of rotatable bonds is 2. The second kappa shape index (κ2) is 6.27. The molecule has 5 nitrogen and oxygen atoms in total. The van der Waals surface area contributed by atoms with Gasteiger partial charge in [-0.1, -0.05) is 6.07 Å². The molecule has 3 rings (SSSR count). The minimum atomic E-state index is -4.52. The lowest BCUT2D eigenvalue weighted by molar-refractivity contribution is -0.142. The molecule has 1 amide bonds. The quantitative estimate of drug-likeness (QED) is 0.915. The first kappa shape index (κ1) is 16.5. The highest BCUT2D eigenvalue weighted by Crippen LogP contribution is 2.30. The fraction of sp³-hybridized carbons (Fsp3) is 0.375. The molecule has 0 saturated carbocycles. The molecule has 1 saturated heterocycles. The molecule has 0 spiro atoms. The number of hydrogen-bond donors (Lipinski definition) is 1. The summed E-state index contributed by atoms with van der Waals surface area (Å²) < 4.78 is 39.8. The lowest BCUT2D eigenvalue weighted by Gasteiger charge is -2.30. The van der Waals surface area contributed by atoms with Crippen molar-refractivity contribution in [1.29, 1.82) is 0 Å². The molecule has 24 heavy (non-hydrogen) atoms. The van der Waals surface area contributed by atoms with Crippen molar-refractivity contribution < 1.29 is 18.0 Å². The van der Waals surface area contributed by atoms with Crippen LogP contribution in [0, 0.1) is 0 Å². The van der Waals surface area contributed by atoms with Gasteiger partial charge < -0.3 is 10.6 Å². The predicted octanol–water partition coefficient (Wildman–Crippen LogP) is 2.45. The maximum absolute atomic E-state index is 13.0. The summed E-state index contributed by atoms with van der Waals surface area (Å²) in [5.74, 6) is -0.229. The molecule has 1 unspecified atom stereocenters. The summed E-state index contributed by atoms with van der Waals surface area (Å²) in [6.45, 7) is 1.06. The van der Waals surface area contributed by atoms with E-state index in [-0.39, 0.29) is 17.6 Å². The Morgan fingerprint density at radius 1 is 1.29 bits per heavy atom. The van der Waals surface area contributed by atoms with Crippen molar-refractivity contribution in [2.45, 2.75) is 25.1 Å². The van der Waals surface area contributed by atoms with Crippen LogP contribution >= 0.6 is 0 Å². The van der Waals surface area contributed by atoms with Gasteiger partial charge in [0.1, 0.15) is 5.69 Å². The van der Waals surface area contributed by atoms with Gasteiger partial charge in [0.05, 0.1) is 11.9 Å². The van der Waals surface area contributed by atoms with Gasteiger partial charge in [-0.3, -0.25) is 4.79 Å². The normalized spacial score (nSPS) is 18.7. The Balaban J connectivity index is 1.90. The number of carbonyl (C=O) groups is 1. The van der Waals surface area contributed by atoms with Crippen molar-refractivity contribution in [1.82, 2.24) is 14.7 Å². The van der Waals surface area contributed by atoms with Gasteiger partial charge in [0, 0.05) is 24.7 Å². The highest BCUT2D eigenvalue weighted by atomic mass is 19.4. The van der Waals surface area contributed by atoms with Gasteiger partial charge in [-0.25, -0.2) is 4.68 Å². The van der Waals surface area contributed by atoms with Crippen molar-refractivity contribution in [2.24, 2.45) is 5.73 Å². The molecule has 0 bridgehead atoms. The lowest BCUT2D eigenvalue weighted by Crippen LogP contribution is -2.45. The zero-order valence-electron chi connectivity index (χ0n) is 12.8. The van der Waals surface area contributed by atoms with E-state index in [4.69, 9.17) is 5.73 Å². The average molecular weight is 338 g/mol. The first-order valence-electron chi connectivity index (χ1n) is 7.63. The molecule has 1 aliphatic rings. The van der Waals surface area contributed by atoms with Crippen LogP contribution in [0.3, 0.4) is 0 Å². The van der Waals surface area contributed by atoms with Gasteiger partial charge in [0.2, 0.25) is 0 Å². The van der Waals surface area contributed by atoms with Crippen molar-refractivity contribution in [3.63, 3.8) is 0 Å². The Morgan fingerprint density at radius 2 is 2.08 bits per heavy atom. The Labute approximate surface area is 136 Å². The van der Waals surface area contributed by atoms with Crippen LogP contribution in [0.1, 0.15) is 28.9 Å². The second-order valence-electron chi connectivity index (χ2n) is 5.83. The van der Waals surface area contributed by atoms with E-state index in [1.807, 2.05) is 0 Å². The maximum atomic E-state index is 13.0. The van der Waals surface area contributed by atoms with E-state index in [2.05, 4.69) is 5.10 Å². The molecule has 1 aliphatic heterocycles. The molecule has 0 radical (unpaired) electrons. The molecule has 1 atom stereocenters. The molecule has 1 fully saturated rings. The summed E-state index contributed by atoms with van der Waals surface area (Å²) in [6.07, 6.45) is -1.74. The number of amides is 1. The number of nitrogens with two attached hydrogens (primary N) is 1. The highest BCUT2D eigenvalue weighted by molar-refractivity contribution is 5.94. The number of carbonyl (C=O) groups excluding carboxylic acids is 1. The minimum absolute atomic E-state index is 0.0613. The molecular weight excluding hydrogens is 321 g/mol. The van der Waals surface area contributed by atoms with Crippen LogP contribution in [0.5, 0.6) is 0 Å². The zero-order valence-corrected chi connectivity index (χ0v) is 12.8. The number of halogens is 3. The Bertz CT molecular complexity index is 741. The first-order chi connectivity index (χ1) is 11.4. The topological polar surface area (TPSA) is 64.2 Å². The smallest absolute Gasteiger partial charge is 0.337 e. The Kier molecular flexibility index (Phi) is 4.31. The molecule has 128 valence electrons. The maximum Gasteiger partial charge on any atom is 0.433 e. The Hall–Kier alpha value is -2.35. The van der Waals surface area contributed by atoms with Crippen molar-refractivity contribution in [2.75, 3.05) is 13.1 Å². The van der Waals surface area contributed by atoms with Crippen LogP contribution < -0.4 is 5.73 Å². The number of piperidine rings is 1. The third-order valence-corrected chi connectivity index (χ3v) is 4.02. The number of aromatic nitrogens is 2. The SMILES string of the molecule is NC1CCCN(C(=O)c2cccc(-n3nccc3C(F)(F)F)c2)C1. The molecule has 1 aromatic carbocycles. The third-order valence-electron chi connectivity index (χ3n) is 4.02. The molecule has 2 heterocycles. The standard InChI is InChI=1S/C16H17F3N4O/c17-16(18,19)14-6-7-21-23(14)13-5-1-3-11(9-13)15(24)22-8-2-4-12(20)10-22/h1,3,5-7,9,12H,2,4,8,10,20H2. The summed E-state index contributed by atoms with van der Waals surface area (Å²) >= 11 is 0. The number of hydrogen-bond acceptors (Lipinski definition) is 3. The number of benzene rings is 1. The van der Waals surface area contributed by atoms with E-state index < -0.39 is 11.9 Å². The number of likely N-dealkylation sites (tertiary alicyclic amines) is 1. The predicted molar refractivity (Wildman–Crippen MR) is 81.7 cm³/mol. The van der Waals surface area contributed by atoms with Gasteiger partial charge in [0.15, 0.2) is 0 Å². The lowest BCUT2D eigenvalue weighted by atomic mass is 10.1. The summed E-state index contributed by atoms with van der Waals surface area (Å²) in [6, 6.07) is 6.88. The molecule has 1 aromatic heterocycles. The van der Waals surface area contributed by atoms with Crippen LogP contribution in [-0.4, -0.2) is 39.7 Å². The fourth-order valence-corrected chi connectivity index (χ4v) is 2.87. The summed E-state index contributed by atoms with van der Waals surface area (Å²) in [4.78, 5) is 14.2. The van der Waals surface area contributed by atoms with E-state index in [1.165, 1.54) is 12.1 Å². The van der Waals surface area contributed by atoms with Crippen molar-refractivity contribution in [3.8, 4) is 5.69 Å². The zero-order chi connectivity index (χ0) is 17.3. The molecule has 2 aromatic rings. The third kappa shape index (κ3) is 3.28. The molecule has 8 heteroatoms. The molecule has 2 N–H and O–H groups in total. The van der Waals surface area contributed by atoms with Gasteiger partial charge in [-0.05, 0) is 37.1 Å². The van der Waals surface area contributed by atoms with E-state index in [1.54, 1.807) is 17.0 Å². The summed E-state index contributed by atoms with van der Waals surface area (Å²) in [5.41, 5.74) is 5.52. The van der Waals surface area contributed by atoms with Gasteiger partial charge in [0.25, 0.3) is 5.91 Å². The number of alkyl halides is 3. The van der Waals surface area contributed by atoms with Gasteiger partial charge in [-0.15, -0.1) is 0 Å². The summed E-state index contributed by atoms with van der Waals surface area (Å²) in [5, 5.41) is 3.73. The summed E-state index contributed by atoms with van der Waals surface area (Å²) in [7, 11) is 0. The van der Waals surface area contributed by atoms with E-state index in [0.29, 0.717) is 18.7 Å². The first-order valence-corrected chi connectivity index (χ1v) is 7.63. The largest absolute Gasteiger partial charge is 0.433 e. The van der Waals surface area contributed by atoms with E-state index >= 15 is 0 Å². The number of nitrogens with zero attached hydrogens (tertiary/aromatic N) is 3. The fourth-order valence-electron chi connectivity index (χ4n) is 2.87. The Morgan fingerprint density at radius 3 is 2.79 bits per heavy atom. The van der Waals surface area contributed by atoms with E-state index in [9.17, 15) is 18.0 Å². The average Bonchev–Trinajstić information content (AvgIpc) is 3.04. The van der Waals surface area contributed by atoms with Crippen LogP contribution in [0.25, 0.3) is 5.69 Å². The van der Waals surface area contributed by atoms with Crippen molar-refractivity contribution >= 4 is 5.91 Å². The van der Waals surface area contributed by atoms with Crippen LogP contribution in [0.15, 0.2) is 36.5 Å². The highest BCUT2D eigenvalue weighted by Gasteiger charge is 2.35. The van der Waals surface area contributed by atoms with E-state index in [0.717, 1.165) is 29.8 Å². The second-order valence-corrected chi connectivity index (χ2v) is 5.83. The minimum Gasteiger partial charge on any atom is -0.337 e. The van der Waals surface area contributed by atoms with Gasteiger partial charge in [-0.2, -0.15) is 18.3 Å². The molecular formula is C16H17F3N4O. The van der Waals surface area contributed by atoms with Gasteiger partial charge >= 0.3 is 6.18 Å². The van der Waals surface area contributed by atoms with Crippen LogP contribution in [0.4, 0.5) is 13.2 Å². The molecule has 0 aliphatic carbocycles. The van der Waals surface area contributed by atoms with Crippen molar-refractivity contribution in [3.05, 3.63) is 47.8 Å². The van der Waals surface area contributed by atoms with Crippen LogP contribution in [0.2, 0.25) is 0 Å². The van der Waals surface area contributed by atoms with Crippen LogP contribution in [-0.2, 0) is 6.18 Å². The monoisotopic (exact) mass is 338 g/mol.